The summed E-state index contributed by atoms with van der Waals surface area (Å²) < 4.78 is 48.2. The Bertz CT molecular complexity index is 1530. The Balaban J connectivity index is 1.52. The van der Waals surface area contributed by atoms with Crippen molar-refractivity contribution < 1.29 is 17.9 Å². The SMILES string of the molecule is COc1ccc(CNc2nnc(N[C@H](C)c3cccc(C(F)F)c3F)c3cn(C4(C)CC4)c(=O)cc23)cc1. The van der Waals surface area contributed by atoms with Gasteiger partial charge in [0.2, 0.25) is 0 Å². The van der Waals surface area contributed by atoms with E-state index < -0.39 is 23.8 Å². The van der Waals surface area contributed by atoms with Crippen LogP contribution in [0, 0.1) is 5.82 Å². The van der Waals surface area contributed by atoms with Gasteiger partial charge in [0.05, 0.1) is 18.7 Å². The van der Waals surface area contributed by atoms with Crippen molar-refractivity contribution in [2.75, 3.05) is 17.7 Å². The zero-order valence-electron chi connectivity index (χ0n) is 21.3. The van der Waals surface area contributed by atoms with Gasteiger partial charge in [0.15, 0.2) is 11.6 Å². The molecule has 38 heavy (non-hydrogen) atoms. The molecule has 0 aliphatic heterocycles. The van der Waals surface area contributed by atoms with Crippen molar-refractivity contribution in [1.82, 2.24) is 14.8 Å². The van der Waals surface area contributed by atoms with Crippen LogP contribution in [0.25, 0.3) is 10.8 Å². The first-order valence-electron chi connectivity index (χ1n) is 12.3. The predicted molar refractivity (Wildman–Crippen MR) is 140 cm³/mol. The maximum absolute atomic E-state index is 14.8. The molecule has 0 unspecified atom stereocenters. The van der Waals surface area contributed by atoms with Crippen molar-refractivity contribution in [2.45, 2.75) is 51.2 Å². The summed E-state index contributed by atoms with van der Waals surface area (Å²) in [6.45, 7) is 4.11. The van der Waals surface area contributed by atoms with E-state index in [1.807, 2.05) is 31.2 Å². The van der Waals surface area contributed by atoms with Crippen LogP contribution in [0.2, 0.25) is 0 Å². The number of rotatable bonds is 9. The van der Waals surface area contributed by atoms with E-state index >= 15 is 0 Å². The maximum atomic E-state index is 14.8. The first-order chi connectivity index (χ1) is 18.2. The Morgan fingerprint density at radius 3 is 2.39 bits per heavy atom. The predicted octanol–water partition coefficient (Wildman–Crippen LogP) is 6.17. The highest BCUT2D eigenvalue weighted by Gasteiger charge is 2.40. The summed E-state index contributed by atoms with van der Waals surface area (Å²) in [5.74, 6) is 0.528. The topological polar surface area (TPSA) is 81.1 Å². The minimum absolute atomic E-state index is 0.0851. The zero-order chi connectivity index (χ0) is 27.0. The number of nitrogens with zero attached hydrogens (tertiary/aromatic N) is 3. The van der Waals surface area contributed by atoms with Gasteiger partial charge in [0.1, 0.15) is 11.6 Å². The molecule has 1 fully saturated rings. The highest BCUT2D eigenvalue weighted by atomic mass is 19.3. The van der Waals surface area contributed by atoms with Crippen LogP contribution in [-0.2, 0) is 12.1 Å². The maximum Gasteiger partial charge on any atom is 0.266 e. The molecule has 1 atom stereocenters. The van der Waals surface area contributed by atoms with Crippen LogP contribution in [0.15, 0.2) is 59.5 Å². The number of benzene rings is 2. The molecular formula is C28H28F3N5O2. The van der Waals surface area contributed by atoms with E-state index in [1.165, 1.54) is 18.2 Å². The van der Waals surface area contributed by atoms with Crippen molar-refractivity contribution in [1.29, 1.82) is 0 Å². The van der Waals surface area contributed by atoms with Gasteiger partial charge in [0, 0.05) is 40.7 Å². The molecule has 1 aliphatic rings. The molecule has 0 saturated heterocycles. The smallest absolute Gasteiger partial charge is 0.266 e. The standard InChI is InChI=1S/C28H28F3N5O2/c1-16(19-5-4-6-20(24(19)29)25(30)31)33-27-22-15-36(28(2)11-12-28)23(37)13-21(22)26(34-35-27)32-14-17-7-9-18(38-3)10-8-17/h4-10,13,15-16,25H,11-12,14H2,1-3H3,(H,32,34)(H,33,35)/t16-/m1/s1. The van der Waals surface area contributed by atoms with Crippen molar-refractivity contribution in [3.63, 3.8) is 0 Å². The lowest BCUT2D eigenvalue weighted by atomic mass is 10.0. The molecule has 4 aromatic rings. The first kappa shape index (κ1) is 25.6. The molecule has 1 saturated carbocycles. The number of hydrogen-bond donors (Lipinski definition) is 2. The molecule has 10 heteroatoms. The van der Waals surface area contributed by atoms with Gasteiger partial charge >= 0.3 is 0 Å². The number of ether oxygens (including phenoxy) is 1. The number of anilines is 2. The summed E-state index contributed by atoms with van der Waals surface area (Å²) in [4.78, 5) is 13.0. The van der Waals surface area contributed by atoms with Gasteiger partial charge in [-0.05, 0) is 44.4 Å². The van der Waals surface area contributed by atoms with Crippen LogP contribution >= 0.6 is 0 Å². The summed E-state index contributed by atoms with van der Waals surface area (Å²) in [6, 6.07) is 12.3. The number of fused-ring (bicyclic) bond motifs is 1. The van der Waals surface area contributed by atoms with Crippen LogP contribution in [-0.4, -0.2) is 21.9 Å². The van der Waals surface area contributed by atoms with Gasteiger partial charge in [-0.2, -0.15) is 0 Å². The second-order valence-corrected chi connectivity index (χ2v) is 9.82. The van der Waals surface area contributed by atoms with Crippen LogP contribution in [0.5, 0.6) is 5.75 Å². The van der Waals surface area contributed by atoms with Crippen molar-refractivity contribution in [2.24, 2.45) is 0 Å². The van der Waals surface area contributed by atoms with Crippen LogP contribution < -0.4 is 20.9 Å². The molecule has 0 bridgehead atoms. The van der Waals surface area contributed by atoms with E-state index in [0.717, 1.165) is 30.2 Å². The number of pyridine rings is 1. The minimum Gasteiger partial charge on any atom is -0.497 e. The fraction of sp³-hybridized carbons (Fsp3) is 0.321. The summed E-state index contributed by atoms with van der Waals surface area (Å²) in [5, 5.41) is 16.2. The number of alkyl halides is 2. The molecule has 7 nitrogen and oxygen atoms in total. The molecule has 5 rings (SSSR count). The van der Waals surface area contributed by atoms with Gasteiger partial charge in [-0.3, -0.25) is 4.79 Å². The van der Waals surface area contributed by atoms with Gasteiger partial charge < -0.3 is 19.9 Å². The highest BCUT2D eigenvalue weighted by Crippen LogP contribution is 2.42. The molecule has 0 spiro atoms. The third kappa shape index (κ3) is 4.90. The number of aromatic nitrogens is 3. The molecule has 1 aliphatic carbocycles. The van der Waals surface area contributed by atoms with Gasteiger partial charge in [-0.15, -0.1) is 10.2 Å². The second-order valence-electron chi connectivity index (χ2n) is 9.82. The van der Waals surface area contributed by atoms with E-state index in [-0.39, 0.29) is 16.7 Å². The fourth-order valence-corrected chi connectivity index (χ4v) is 4.49. The summed E-state index contributed by atoms with van der Waals surface area (Å²) in [7, 11) is 1.60. The molecular weight excluding hydrogens is 495 g/mol. The monoisotopic (exact) mass is 523 g/mol. The third-order valence-corrected chi connectivity index (χ3v) is 7.10. The second kappa shape index (κ2) is 10.00. The minimum atomic E-state index is -2.92. The van der Waals surface area contributed by atoms with E-state index in [1.54, 1.807) is 24.8 Å². The average molecular weight is 524 g/mol. The van der Waals surface area contributed by atoms with E-state index in [0.29, 0.717) is 29.0 Å². The van der Waals surface area contributed by atoms with E-state index in [2.05, 4.69) is 20.8 Å². The lowest BCUT2D eigenvalue weighted by Crippen LogP contribution is -2.27. The third-order valence-electron chi connectivity index (χ3n) is 7.10. The van der Waals surface area contributed by atoms with Crippen LogP contribution in [0.1, 0.15) is 55.8 Å². The van der Waals surface area contributed by atoms with Crippen molar-refractivity contribution in [3.8, 4) is 5.75 Å². The highest BCUT2D eigenvalue weighted by molar-refractivity contribution is 5.97. The Morgan fingerprint density at radius 2 is 1.74 bits per heavy atom. The molecule has 198 valence electrons. The number of methoxy groups -OCH3 is 1. The van der Waals surface area contributed by atoms with Gasteiger partial charge in [-0.25, -0.2) is 13.2 Å². The Hall–Kier alpha value is -4.08. The quantitative estimate of drug-likeness (QED) is 0.273. The van der Waals surface area contributed by atoms with E-state index in [9.17, 15) is 18.0 Å². The summed E-state index contributed by atoms with van der Waals surface area (Å²) in [5.41, 5.74) is -0.0219. The van der Waals surface area contributed by atoms with Crippen molar-refractivity contribution in [3.05, 3.63) is 87.6 Å². The summed E-state index contributed by atoms with van der Waals surface area (Å²) >= 11 is 0. The Kier molecular flexibility index (Phi) is 6.73. The summed E-state index contributed by atoms with van der Waals surface area (Å²) in [6.07, 6.45) is 0.584. The number of nitrogens with one attached hydrogen (secondary N) is 2. The first-order valence-corrected chi connectivity index (χ1v) is 12.3. The number of hydrogen-bond acceptors (Lipinski definition) is 6. The normalized spacial score (nSPS) is 14.9. The molecule has 2 heterocycles. The molecule has 2 aromatic carbocycles. The fourth-order valence-electron chi connectivity index (χ4n) is 4.49. The van der Waals surface area contributed by atoms with Crippen molar-refractivity contribution >= 4 is 22.4 Å². The largest absolute Gasteiger partial charge is 0.497 e. The molecule has 0 radical (unpaired) electrons. The molecule has 0 amide bonds. The van der Waals surface area contributed by atoms with Crippen LogP contribution in [0.3, 0.4) is 0 Å². The Morgan fingerprint density at radius 1 is 1.05 bits per heavy atom. The Labute approximate surface area is 217 Å². The van der Waals surface area contributed by atoms with Gasteiger partial charge in [0.25, 0.3) is 12.0 Å². The van der Waals surface area contributed by atoms with E-state index in [4.69, 9.17) is 4.74 Å². The molecule has 2 N–H and O–H groups in total. The zero-order valence-corrected chi connectivity index (χ0v) is 21.3. The van der Waals surface area contributed by atoms with Crippen LogP contribution in [0.4, 0.5) is 24.8 Å². The molecule has 2 aromatic heterocycles. The number of halogens is 3. The lowest BCUT2D eigenvalue weighted by Gasteiger charge is -2.20. The lowest BCUT2D eigenvalue weighted by molar-refractivity contribution is 0.146. The average Bonchev–Trinajstić information content (AvgIpc) is 3.66. The van der Waals surface area contributed by atoms with Gasteiger partial charge in [-0.1, -0.05) is 30.3 Å².